The van der Waals surface area contributed by atoms with Crippen LogP contribution < -0.4 is 0 Å². The molecule has 1 fully saturated rings. The summed E-state index contributed by atoms with van der Waals surface area (Å²) in [6.07, 6.45) is 4.78. The largest absolute Gasteiger partial charge is 0.331 e. The first-order valence-electron chi connectivity index (χ1n) is 7.70. The number of carbonyl (C=O) groups excluding carboxylic acids is 1. The first-order valence-corrected chi connectivity index (χ1v) is 7.70. The van der Waals surface area contributed by atoms with Gasteiger partial charge in [-0.05, 0) is 39.2 Å². The maximum absolute atomic E-state index is 12.8. The lowest BCUT2D eigenvalue weighted by Crippen LogP contribution is -2.41. The number of amides is 1. The third-order valence-corrected chi connectivity index (χ3v) is 4.26. The minimum Gasteiger partial charge on any atom is -0.331 e. The molecule has 1 aliphatic rings. The summed E-state index contributed by atoms with van der Waals surface area (Å²) < 4.78 is 3.68. The molecule has 0 N–H and O–H groups in total. The van der Waals surface area contributed by atoms with E-state index in [1.807, 2.05) is 36.4 Å². The number of rotatable bonds is 3. The van der Waals surface area contributed by atoms with E-state index in [2.05, 4.69) is 15.3 Å². The number of hydrogen-bond acceptors (Lipinski definition) is 4. The number of hydrogen-bond donors (Lipinski definition) is 0. The zero-order valence-corrected chi connectivity index (χ0v) is 13.4. The molecule has 1 atom stereocenters. The Labute approximate surface area is 129 Å². The lowest BCUT2D eigenvalue weighted by Gasteiger charge is -2.35. The molecule has 1 amide bonds. The molecule has 2 aromatic heterocycles. The molecule has 0 aliphatic carbocycles. The lowest BCUT2D eigenvalue weighted by atomic mass is 10.0. The lowest BCUT2D eigenvalue weighted by molar-refractivity contribution is -0.136. The molecular weight excluding hydrogens is 280 g/mol. The van der Waals surface area contributed by atoms with Crippen LogP contribution in [0.4, 0.5) is 0 Å². The van der Waals surface area contributed by atoms with Crippen molar-refractivity contribution < 1.29 is 4.79 Å². The molecule has 0 radical (unpaired) electrons. The molecule has 1 unspecified atom stereocenters. The summed E-state index contributed by atoms with van der Waals surface area (Å²) >= 11 is 0. The number of carbonyl (C=O) groups is 1. The molecule has 0 bridgehead atoms. The fourth-order valence-corrected chi connectivity index (χ4v) is 3.15. The highest BCUT2D eigenvalue weighted by atomic mass is 16.2. The van der Waals surface area contributed by atoms with Crippen molar-refractivity contribution in [1.82, 2.24) is 29.4 Å². The van der Waals surface area contributed by atoms with E-state index in [0.717, 1.165) is 43.0 Å². The molecule has 3 heterocycles. The molecule has 0 spiro atoms. The molecule has 2 aromatic rings. The van der Waals surface area contributed by atoms with Gasteiger partial charge in [0.1, 0.15) is 12.9 Å². The Morgan fingerprint density at radius 2 is 2.18 bits per heavy atom. The predicted molar refractivity (Wildman–Crippen MR) is 81.0 cm³/mol. The molecule has 0 saturated carbocycles. The summed E-state index contributed by atoms with van der Waals surface area (Å²) in [6, 6.07) is 2.01. The van der Waals surface area contributed by atoms with Gasteiger partial charge in [-0.15, -0.1) is 10.2 Å². The molecule has 0 aromatic carbocycles. The van der Waals surface area contributed by atoms with Gasteiger partial charge in [-0.1, -0.05) is 0 Å². The number of nitrogens with zero attached hydrogens (tertiary/aromatic N) is 6. The topological polar surface area (TPSA) is 68.8 Å². The van der Waals surface area contributed by atoms with Gasteiger partial charge in [0.05, 0.1) is 11.7 Å². The average Bonchev–Trinajstić information content (AvgIpc) is 3.04. The maximum atomic E-state index is 12.8. The smallest absolute Gasteiger partial charge is 0.244 e. The van der Waals surface area contributed by atoms with E-state index in [0.29, 0.717) is 0 Å². The van der Waals surface area contributed by atoms with Crippen molar-refractivity contribution in [1.29, 1.82) is 0 Å². The quantitative estimate of drug-likeness (QED) is 0.859. The van der Waals surface area contributed by atoms with Crippen molar-refractivity contribution in [2.75, 3.05) is 6.54 Å². The van der Waals surface area contributed by atoms with Crippen LogP contribution in [0.1, 0.15) is 42.5 Å². The number of piperidine rings is 1. The standard InChI is InChI=1S/C15H22N6O/c1-11-8-12(2)21(18-11)9-14(22)20-7-5-4-6-13(20)15-17-16-10-19(15)3/h8,10,13H,4-7,9H2,1-3H3. The van der Waals surface area contributed by atoms with Crippen LogP contribution in [0, 0.1) is 13.8 Å². The van der Waals surface area contributed by atoms with Crippen LogP contribution in [0.2, 0.25) is 0 Å². The minimum absolute atomic E-state index is 0.0192. The Hall–Kier alpha value is -2.18. The average molecular weight is 302 g/mol. The fourth-order valence-electron chi connectivity index (χ4n) is 3.15. The second kappa shape index (κ2) is 5.90. The minimum atomic E-state index is 0.0192. The summed E-state index contributed by atoms with van der Waals surface area (Å²) in [5.41, 5.74) is 1.95. The number of aromatic nitrogens is 5. The van der Waals surface area contributed by atoms with Crippen molar-refractivity contribution in [2.24, 2.45) is 7.05 Å². The van der Waals surface area contributed by atoms with Gasteiger partial charge >= 0.3 is 0 Å². The van der Waals surface area contributed by atoms with Gasteiger partial charge in [-0.3, -0.25) is 9.48 Å². The Kier molecular flexibility index (Phi) is 3.96. The summed E-state index contributed by atoms with van der Waals surface area (Å²) in [5.74, 6) is 0.959. The number of likely N-dealkylation sites (tertiary alicyclic amines) is 1. The Bertz CT molecular complexity index is 673. The molecular formula is C15H22N6O. The highest BCUT2D eigenvalue weighted by molar-refractivity contribution is 5.76. The molecule has 118 valence electrons. The Morgan fingerprint density at radius 3 is 2.82 bits per heavy atom. The van der Waals surface area contributed by atoms with E-state index in [1.165, 1.54) is 0 Å². The molecule has 1 saturated heterocycles. The Morgan fingerprint density at radius 1 is 1.36 bits per heavy atom. The third-order valence-electron chi connectivity index (χ3n) is 4.26. The normalized spacial score (nSPS) is 18.7. The Balaban J connectivity index is 1.80. The zero-order chi connectivity index (χ0) is 15.7. The van der Waals surface area contributed by atoms with Crippen LogP contribution in [0.3, 0.4) is 0 Å². The highest BCUT2D eigenvalue weighted by Gasteiger charge is 2.31. The van der Waals surface area contributed by atoms with Gasteiger partial charge in [-0.2, -0.15) is 5.10 Å². The van der Waals surface area contributed by atoms with E-state index in [4.69, 9.17) is 0 Å². The van der Waals surface area contributed by atoms with Crippen molar-refractivity contribution in [3.05, 3.63) is 29.6 Å². The van der Waals surface area contributed by atoms with Crippen molar-refractivity contribution in [2.45, 2.75) is 45.7 Å². The number of aryl methyl sites for hydroxylation is 3. The molecule has 3 rings (SSSR count). The van der Waals surface area contributed by atoms with E-state index >= 15 is 0 Å². The van der Waals surface area contributed by atoms with Crippen molar-refractivity contribution in [3.63, 3.8) is 0 Å². The first-order chi connectivity index (χ1) is 10.6. The highest BCUT2D eigenvalue weighted by Crippen LogP contribution is 2.29. The molecule has 1 aliphatic heterocycles. The van der Waals surface area contributed by atoms with Crippen LogP contribution in [-0.4, -0.2) is 41.9 Å². The monoisotopic (exact) mass is 302 g/mol. The summed E-state index contributed by atoms with van der Waals surface area (Å²) in [4.78, 5) is 14.7. The summed E-state index contributed by atoms with van der Waals surface area (Å²) in [6.45, 7) is 4.98. The third kappa shape index (κ3) is 2.75. The molecule has 7 heteroatoms. The van der Waals surface area contributed by atoms with Gasteiger partial charge in [0.2, 0.25) is 5.91 Å². The van der Waals surface area contributed by atoms with E-state index < -0.39 is 0 Å². The van der Waals surface area contributed by atoms with Crippen molar-refractivity contribution in [3.8, 4) is 0 Å². The predicted octanol–water partition coefficient (Wildman–Crippen LogP) is 1.38. The van der Waals surface area contributed by atoms with Crippen LogP contribution >= 0.6 is 0 Å². The fraction of sp³-hybridized carbons (Fsp3) is 0.600. The van der Waals surface area contributed by atoms with E-state index in [-0.39, 0.29) is 18.5 Å². The van der Waals surface area contributed by atoms with Crippen LogP contribution in [0.25, 0.3) is 0 Å². The zero-order valence-electron chi connectivity index (χ0n) is 13.4. The van der Waals surface area contributed by atoms with Crippen LogP contribution in [-0.2, 0) is 18.4 Å². The summed E-state index contributed by atoms with van der Waals surface area (Å²) in [5, 5.41) is 12.5. The summed E-state index contributed by atoms with van der Waals surface area (Å²) in [7, 11) is 1.92. The van der Waals surface area contributed by atoms with Gasteiger partial charge < -0.3 is 9.47 Å². The van der Waals surface area contributed by atoms with E-state index in [1.54, 1.807) is 11.0 Å². The SMILES string of the molecule is Cc1cc(C)n(CC(=O)N2CCCCC2c2nncn2C)n1. The van der Waals surface area contributed by atoms with Crippen LogP contribution in [0.5, 0.6) is 0 Å². The second-order valence-corrected chi connectivity index (χ2v) is 5.98. The van der Waals surface area contributed by atoms with Crippen molar-refractivity contribution >= 4 is 5.91 Å². The van der Waals surface area contributed by atoms with Gasteiger partial charge in [-0.25, -0.2) is 0 Å². The van der Waals surface area contributed by atoms with E-state index in [9.17, 15) is 4.79 Å². The maximum Gasteiger partial charge on any atom is 0.244 e. The van der Waals surface area contributed by atoms with Crippen LogP contribution in [0.15, 0.2) is 12.4 Å². The first kappa shape index (κ1) is 14.7. The van der Waals surface area contributed by atoms with Gasteiger partial charge in [0, 0.05) is 19.3 Å². The van der Waals surface area contributed by atoms with Gasteiger partial charge in [0.25, 0.3) is 0 Å². The molecule has 22 heavy (non-hydrogen) atoms. The van der Waals surface area contributed by atoms with Gasteiger partial charge in [0.15, 0.2) is 5.82 Å². The molecule has 7 nitrogen and oxygen atoms in total. The second-order valence-electron chi connectivity index (χ2n) is 5.98.